The first-order valence-corrected chi connectivity index (χ1v) is 6.09. The summed E-state index contributed by atoms with van der Waals surface area (Å²) in [6, 6.07) is 5.00. The van der Waals surface area contributed by atoms with Crippen molar-refractivity contribution in [3.63, 3.8) is 0 Å². The van der Waals surface area contributed by atoms with E-state index >= 15 is 0 Å². The van der Waals surface area contributed by atoms with Crippen LogP contribution in [0.25, 0.3) is 0 Å². The van der Waals surface area contributed by atoms with Crippen LogP contribution in [-0.2, 0) is 6.42 Å². The predicted octanol–water partition coefficient (Wildman–Crippen LogP) is 2.51. The molecular weight excluding hydrogens is 272 g/mol. The first-order valence-electron chi connectivity index (χ1n) is 5.30. The molecule has 1 aliphatic rings. The Balaban J connectivity index is 2.12. The van der Waals surface area contributed by atoms with Crippen molar-refractivity contribution in [2.75, 3.05) is 13.1 Å². The average molecular weight is 285 g/mol. The third-order valence-electron chi connectivity index (χ3n) is 2.92. The minimum Gasteiger partial charge on any atom is -0.316 e. The first-order chi connectivity index (χ1) is 7.66. The maximum Gasteiger partial charge on any atom is 0.270 e. The second-order valence-corrected chi connectivity index (χ2v) is 4.95. The maximum absolute atomic E-state index is 10.6. The summed E-state index contributed by atoms with van der Waals surface area (Å²) < 4.78 is 0.841. The van der Waals surface area contributed by atoms with E-state index in [4.69, 9.17) is 0 Å². The zero-order valence-corrected chi connectivity index (χ0v) is 10.4. The number of halogens is 1. The number of nitro benzene ring substituents is 1. The van der Waals surface area contributed by atoms with Gasteiger partial charge in [-0.3, -0.25) is 10.1 Å². The molecule has 86 valence electrons. The van der Waals surface area contributed by atoms with Crippen LogP contribution in [0.2, 0.25) is 0 Å². The summed E-state index contributed by atoms with van der Waals surface area (Å²) in [5, 5.41) is 13.9. The third-order valence-corrected chi connectivity index (χ3v) is 3.66. The van der Waals surface area contributed by atoms with E-state index in [0.717, 1.165) is 29.5 Å². The van der Waals surface area contributed by atoms with Crippen molar-refractivity contribution in [1.82, 2.24) is 5.32 Å². The fraction of sp³-hybridized carbons (Fsp3) is 0.455. The smallest absolute Gasteiger partial charge is 0.270 e. The molecule has 0 radical (unpaired) electrons. The van der Waals surface area contributed by atoms with Crippen molar-refractivity contribution in [3.05, 3.63) is 38.3 Å². The van der Waals surface area contributed by atoms with Crippen LogP contribution in [0.4, 0.5) is 5.69 Å². The lowest BCUT2D eigenvalue weighted by atomic mass is 9.98. The Hall–Kier alpha value is -0.940. The molecule has 0 bridgehead atoms. The Bertz CT molecular complexity index is 403. The molecule has 1 aromatic rings. The molecule has 1 heterocycles. The van der Waals surface area contributed by atoms with Crippen LogP contribution in [0.3, 0.4) is 0 Å². The lowest BCUT2D eigenvalue weighted by Crippen LogP contribution is -2.11. The normalized spacial score (nSPS) is 19.9. The molecule has 0 aliphatic carbocycles. The van der Waals surface area contributed by atoms with Gasteiger partial charge < -0.3 is 5.32 Å². The van der Waals surface area contributed by atoms with Crippen molar-refractivity contribution in [3.8, 4) is 0 Å². The van der Waals surface area contributed by atoms with E-state index in [1.165, 1.54) is 6.42 Å². The van der Waals surface area contributed by atoms with Crippen LogP contribution in [0.1, 0.15) is 12.0 Å². The predicted molar refractivity (Wildman–Crippen MR) is 65.5 cm³/mol. The summed E-state index contributed by atoms with van der Waals surface area (Å²) in [7, 11) is 0. The molecule has 2 rings (SSSR count). The number of nitro groups is 1. The van der Waals surface area contributed by atoms with Gasteiger partial charge >= 0.3 is 0 Å². The van der Waals surface area contributed by atoms with Crippen LogP contribution < -0.4 is 5.32 Å². The van der Waals surface area contributed by atoms with Gasteiger partial charge in [-0.05, 0) is 37.4 Å². The molecular formula is C11H13BrN2O2. The van der Waals surface area contributed by atoms with Crippen LogP contribution >= 0.6 is 15.9 Å². The molecule has 1 saturated heterocycles. The van der Waals surface area contributed by atoms with E-state index in [1.807, 2.05) is 6.07 Å². The number of nitrogens with zero attached hydrogens (tertiary/aromatic N) is 1. The zero-order valence-electron chi connectivity index (χ0n) is 8.78. The van der Waals surface area contributed by atoms with Gasteiger partial charge in [-0.25, -0.2) is 0 Å². The molecule has 1 aliphatic heterocycles. The van der Waals surface area contributed by atoms with Gasteiger partial charge in [0.05, 0.1) is 4.92 Å². The number of hydrogen-bond donors (Lipinski definition) is 1. The molecule has 16 heavy (non-hydrogen) atoms. The maximum atomic E-state index is 10.6. The molecule has 1 fully saturated rings. The number of rotatable bonds is 3. The van der Waals surface area contributed by atoms with E-state index in [2.05, 4.69) is 21.2 Å². The Morgan fingerprint density at radius 2 is 2.38 bits per heavy atom. The van der Waals surface area contributed by atoms with Gasteiger partial charge in [0.1, 0.15) is 0 Å². The van der Waals surface area contributed by atoms with Crippen LogP contribution in [0, 0.1) is 16.0 Å². The number of nitrogens with one attached hydrogen (secondary N) is 1. The molecule has 1 atom stereocenters. The Morgan fingerprint density at radius 3 is 2.94 bits per heavy atom. The quantitative estimate of drug-likeness (QED) is 0.685. The lowest BCUT2D eigenvalue weighted by molar-refractivity contribution is -0.384. The SMILES string of the molecule is O=[N+]([O-])c1ccc(CC2CCNC2)c(Br)c1. The molecule has 1 aromatic carbocycles. The van der Waals surface area contributed by atoms with Gasteiger partial charge in [0, 0.05) is 16.6 Å². The summed E-state index contributed by atoms with van der Waals surface area (Å²) >= 11 is 3.40. The van der Waals surface area contributed by atoms with E-state index in [1.54, 1.807) is 12.1 Å². The van der Waals surface area contributed by atoms with E-state index < -0.39 is 0 Å². The highest BCUT2D eigenvalue weighted by molar-refractivity contribution is 9.10. The van der Waals surface area contributed by atoms with Crippen LogP contribution in [-0.4, -0.2) is 18.0 Å². The Labute approximate surface area is 102 Å². The van der Waals surface area contributed by atoms with Crippen molar-refractivity contribution < 1.29 is 4.92 Å². The highest BCUT2D eigenvalue weighted by atomic mass is 79.9. The van der Waals surface area contributed by atoms with E-state index in [9.17, 15) is 10.1 Å². The Kier molecular flexibility index (Phi) is 3.56. The van der Waals surface area contributed by atoms with Gasteiger partial charge in [0.2, 0.25) is 0 Å². The molecule has 4 nitrogen and oxygen atoms in total. The lowest BCUT2D eigenvalue weighted by Gasteiger charge is -2.09. The van der Waals surface area contributed by atoms with Gasteiger partial charge in [-0.15, -0.1) is 0 Å². The molecule has 1 N–H and O–H groups in total. The van der Waals surface area contributed by atoms with Crippen molar-refractivity contribution in [2.45, 2.75) is 12.8 Å². The first kappa shape index (κ1) is 11.5. The largest absolute Gasteiger partial charge is 0.316 e. The van der Waals surface area contributed by atoms with Crippen molar-refractivity contribution >= 4 is 21.6 Å². The molecule has 0 aromatic heterocycles. The Morgan fingerprint density at radius 1 is 1.56 bits per heavy atom. The average Bonchev–Trinajstić information content (AvgIpc) is 2.73. The summed E-state index contributed by atoms with van der Waals surface area (Å²) in [5.41, 5.74) is 1.29. The van der Waals surface area contributed by atoms with Gasteiger partial charge in [0.25, 0.3) is 5.69 Å². The second kappa shape index (κ2) is 4.93. The van der Waals surface area contributed by atoms with Gasteiger partial charge in [-0.1, -0.05) is 22.0 Å². The molecule has 0 spiro atoms. The van der Waals surface area contributed by atoms with Crippen molar-refractivity contribution in [1.29, 1.82) is 0 Å². The molecule has 1 unspecified atom stereocenters. The summed E-state index contributed by atoms with van der Waals surface area (Å²) in [6.07, 6.45) is 2.16. The topological polar surface area (TPSA) is 55.2 Å². The summed E-state index contributed by atoms with van der Waals surface area (Å²) in [6.45, 7) is 2.12. The van der Waals surface area contributed by atoms with Crippen molar-refractivity contribution in [2.24, 2.45) is 5.92 Å². The third kappa shape index (κ3) is 2.59. The minimum absolute atomic E-state index is 0.139. The standard InChI is InChI=1S/C11H13BrN2O2/c12-11-6-10(14(15)16)2-1-9(11)5-8-3-4-13-7-8/h1-2,6,8,13H,3-5,7H2. The van der Waals surface area contributed by atoms with E-state index in [-0.39, 0.29) is 10.6 Å². The second-order valence-electron chi connectivity index (χ2n) is 4.10. The van der Waals surface area contributed by atoms with Gasteiger partial charge in [0.15, 0.2) is 0 Å². The van der Waals surface area contributed by atoms with E-state index in [0.29, 0.717) is 5.92 Å². The monoisotopic (exact) mass is 284 g/mol. The fourth-order valence-electron chi connectivity index (χ4n) is 2.02. The highest BCUT2D eigenvalue weighted by Gasteiger charge is 2.17. The molecule has 5 heteroatoms. The number of hydrogen-bond acceptors (Lipinski definition) is 3. The fourth-order valence-corrected chi connectivity index (χ4v) is 2.54. The number of non-ortho nitro benzene ring substituents is 1. The van der Waals surface area contributed by atoms with Crippen LogP contribution in [0.15, 0.2) is 22.7 Å². The highest BCUT2D eigenvalue weighted by Crippen LogP contribution is 2.26. The van der Waals surface area contributed by atoms with Crippen LogP contribution in [0.5, 0.6) is 0 Å². The summed E-state index contributed by atoms with van der Waals surface area (Å²) in [4.78, 5) is 10.2. The number of benzene rings is 1. The molecule has 0 saturated carbocycles. The molecule has 0 amide bonds. The van der Waals surface area contributed by atoms with Gasteiger partial charge in [-0.2, -0.15) is 0 Å². The minimum atomic E-state index is -0.369. The summed E-state index contributed by atoms with van der Waals surface area (Å²) in [5.74, 6) is 0.651. The zero-order chi connectivity index (χ0) is 11.5.